The Hall–Kier alpha value is -1.86. The SMILES string of the molecule is CCCOC(=O)c1cccc(OC(=O)COc2ccc(Br)cc2Br)c1. The molecule has 7 heteroatoms. The van der Waals surface area contributed by atoms with Crippen molar-refractivity contribution >= 4 is 43.8 Å². The molecule has 5 nitrogen and oxygen atoms in total. The Kier molecular flexibility index (Phi) is 7.46. The third-order valence-corrected chi connectivity index (χ3v) is 4.09. The standard InChI is InChI=1S/C18H16Br2O5/c1-2-8-23-18(22)12-4-3-5-14(9-12)25-17(21)11-24-16-7-6-13(19)10-15(16)20/h3-7,9-10H,2,8,11H2,1H3. The molecule has 0 aliphatic rings. The molecule has 0 radical (unpaired) electrons. The Morgan fingerprint density at radius 2 is 1.88 bits per heavy atom. The van der Waals surface area contributed by atoms with Gasteiger partial charge in [0.25, 0.3) is 0 Å². The van der Waals surface area contributed by atoms with Crippen molar-refractivity contribution in [1.82, 2.24) is 0 Å². The first-order valence-corrected chi connectivity index (χ1v) is 9.14. The lowest BCUT2D eigenvalue weighted by molar-refractivity contribution is -0.136. The van der Waals surface area contributed by atoms with E-state index in [2.05, 4.69) is 31.9 Å². The Morgan fingerprint density at radius 3 is 2.60 bits per heavy atom. The fraction of sp³-hybridized carbons (Fsp3) is 0.222. The first kappa shape index (κ1) is 19.5. The van der Waals surface area contributed by atoms with Crippen LogP contribution in [0.2, 0.25) is 0 Å². The van der Waals surface area contributed by atoms with Gasteiger partial charge in [0.2, 0.25) is 0 Å². The van der Waals surface area contributed by atoms with Crippen LogP contribution in [0.25, 0.3) is 0 Å². The van der Waals surface area contributed by atoms with Gasteiger partial charge in [-0.15, -0.1) is 0 Å². The highest BCUT2D eigenvalue weighted by atomic mass is 79.9. The Labute approximate surface area is 162 Å². The van der Waals surface area contributed by atoms with E-state index < -0.39 is 11.9 Å². The highest BCUT2D eigenvalue weighted by Crippen LogP contribution is 2.28. The summed E-state index contributed by atoms with van der Waals surface area (Å²) in [6.07, 6.45) is 0.739. The monoisotopic (exact) mass is 470 g/mol. The average molecular weight is 472 g/mol. The van der Waals surface area contributed by atoms with Gasteiger partial charge in [0, 0.05) is 4.47 Å². The van der Waals surface area contributed by atoms with E-state index in [1.165, 1.54) is 6.07 Å². The molecular weight excluding hydrogens is 456 g/mol. The predicted octanol–water partition coefficient (Wildman–Crippen LogP) is 4.76. The van der Waals surface area contributed by atoms with Crippen molar-refractivity contribution in [3.05, 3.63) is 57.0 Å². The Morgan fingerprint density at radius 1 is 1.08 bits per heavy atom. The van der Waals surface area contributed by atoms with Gasteiger partial charge < -0.3 is 14.2 Å². The molecule has 0 saturated heterocycles. The summed E-state index contributed by atoms with van der Waals surface area (Å²) < 4.78 is 17.3. The van der Waals surface area contributed by atoms with Crippen LogP contribution in [0.5, 0.6) is 11.5 Å². The van der Waals surface area contributed by atoms with Crippen molar-refractivity contribution in [3.63, 3.8) is 0 Å². The zero-order valence-corrected chi connectivity index (χ0v) is 16.6. The van der Waals surface area contributed by atoms with Gasteiger partial charge in [0.15, 0.2) is 6.61 Å². The molecular formula is C18H16Br2O5. The van der Waals surface area contributed by atoms with Crippen molar-refractivity contribution in [3.8, 4) is 11.5 Å². The average Bonchev–Trinajstić information content (AvgIpc) is 2.59. The van der Waals surface area contributed by atoms with Crippen molar-refractivity contribution in [2.24, 2.45) is 0 Å². The molecule has 0 bridgehead atoms. The smallest absolute Gasteiger partial charge is 0.349 e. The summed E-state index contributed by atoms with van der Waals surface area (Å²) in [5.41, 5.74) is 0.329. The molecule has 2 rings (SSSR count). The van der Waals surface area contributed by atoms with Gasteiger partial charge in [-0.25, -0.2) is 9.59 Å². The Bertz CT molecular complexity index is 761. The Balaban J connectivity index is 1.93. The number of rotatable bonds is 7. The summed E-state index contributed by atoms with van der Waals surface area (Å²) in [4.78, 5) is 23.8. The van der Waals surface area contributed by atoms with Gasteiger partial charge >= 0.3 is 11.9 Å². The van der Waals surface area contributed by atoms with E-state index in [0.717, 1.165) is 15.4 Å². The summed E-state index contributed by atoms with van der Waals surface area (Å²) in [5, 5.41) is 0. The van der Waals surface area contributed by atoms with Crippen LogP contribution in [0.3, 0.4) is 0 Å². The molecule has 0 fully saturated rings. The minimum atomic E-state index is -0.575. The molecule has 0 unspecified atom stereocenters. The second kappa shape index (κ2) is 9.58. The number of halogens is 2. The van der Waals surface area contributed by atoms with Crippen molar-refractivity contribution in [1.29, 1.82) is 0 Å². The first-order chi connectivity index (χ1) is 12.0. The quantitative estimate of drug-likeness (QED) is 0.430. The van der Waals surface area contributed by atoms with Crippen LogP contribution < -0.4 is 9.47 Å². The lowest BCUT2D eigenvalue weighted by atomic mass is 10.2. The zero-order valence-electron chi connectivity index (χ0n) is 13.5. The molecule has 0 aromatic heterocycles. The van der Waals surface area contributed by atoms with Crippen LogP contribution in [0, 0.1) is 0 Å². The summed E-state index contributed by atoms with van der Waals surface area (Å²) >= 11 is 6.69. The van der Waals surface area contributed by atoms with Gasteiger partial charge in [0.05, 0.1) is 16.6 Å². The van der Waals surface area contributed by atoms with Crippen molar-refractivity contribution < 1.29 is 23.8 Å². The summed E-state index contributed by atoms with van der Waals surface area (Å²) in [5.74, 6) is -0.241. The molecule has 132 valence electrons. The van der Waals surface area contributed by atoms with E-state index in [1.54, 1.807) is 30.3 Å². The third kappa shape index (κ3) is 6.17. The maximum Gasteiger partial charge on any atom is 0.349 e. The van der Waals surface area contributed by atoms with Crippen molar-refractivity contribution in [2.45, 2.75) is 13.3 Å². The number of benzene rings is 2. The molecule has 0 N–H and O–H groups in total. The van der Waals surface area contributed by atoms with Gasteiger partial charge in [-0.2, -0.15) is 0 Å². The molecule has 0 saturated carbocycles. The molecule has 2 aromatic rings. The molecule has 0 spiro atoms. The summed E-state index contributed by atoms with van der Waals surface area (Å²) in [6.45, 7) is 2.00. The number of hydrogen-bond donors (Lipinski definition) is 0. The third-order valence-electron chi connectivity index (χ3n) is 2.98. The number of esters is 2. The van der Waals surface area contributed by atoms with Gasteiger partial charge in [-0.05, 0) is 58.7 Å². The van der Waals surface area contributed by atoms with Crippen LogP contribution in [-0.2, 0) is 9.53 Å². The highest BCUT2D eigenvalue weighted by molar-refractivity contribution is 9.11. The predicted molar refractivity (Wildman–Crippen MR) is 100.0 cm³/mol. The summed E-state index contributed by atoms with van der Waals surface area (Å²) in [6, 6.07) is 11.6. The van der Waals surface area contributed by atoms with E-state index >= 15 is 0 Å². The zero-order chi connectivity index (χ0) is 18.2. The topological polar surface area (TPSA) is 61.8 Å². The van der Waals surface area contributed by atoms with Crippen LogP contribution in [-0.4, -0.2) is 25.2 Å². The normalized spacial score (nSPS) is 10.2. The maximum absolute atomic E-state index is 11.9. The minimum Gasteiger partial charge on any atom is -0.481 e. The molecule has 0 atom stereocenters. The van der Waals surface area contributed by atoms with Crippen LogP contribution in [0.15, 0.2) is 51.4 Å². The number of carbonyl (C=O) groups is 2. The molecule has 2 aromatic carbocycles. The van der Waals surface area contributed by atoms with E-state index in [9.17, 15) is 9.59 Å². The van der Waals surface area contributed by atoms with E-state index in [0.29, 0.717) is 17.9 Å². The maximum atomic E-state index is 11.9. The first-order valence-electron chi connectivity index (χ1n) is 7.55. The second-order valence-electron chi connectivity index (χ2n) is 5.00. The largest absolute Gasteiger partial charge is 0.481 e. The highest BCUT2D eigenvalue weighted by Gasteiger charge is 2.11. The minimum absolute atomic E-state index is 0.259. The number of carbonyl (C=O) groups excluding carboxylic acids is 2. The van der Waals surface area contributed by atoms with Gasteiger partial charge in [-0.3, -0.25) is 0 Å². The van der Waals surface area contributed by atoms with Crippen LogP contribution >= 0.6 is 31.9 Å². The van der Waals surface area contributed by atoms with Crippen LogP contribution in [0.4, 0.5) is 0 Å². The second-order valence-corrected chi connectivity index (χ2v) is 6.77. The van der Waals surface area contributed by atoms with E-state index in [4.69, 9.17) is 14.2 Å². The lowest BCUT2D eigenvalue weighted by Crippen LogP contribution is -2.18. The number of hydrogen-bond acceptors (Lipinski definition) is 5. The lowest BCUT2D eigenvalue weighted by Gasteiger charge is -2.09. The fourth-order valence-corrected chi connectivity index (χ4v) is 3.02. The van der Waals surface area contributed by atoms with Gasteiger partial charge in [0.1, 0.15) is 11.5 Å². The van der Waals surface area contributed by atoms with E-state index in [-0.39, 0.29) is 12.4 Å². The van der Waals surface area contributed by atoms with Crippen LogP contribution in [0.1, 0.15) is 23.7 Å². The number of ether oxygens (including phenoxy) is 3. The fourth-order valence-electron chi connectivity index (χ4n) is 1.85. The molecule has 25 heavy (non-hydrogen) atoms. The van der Waals surface area contributed by atoms with Gasteiger partial charge in [-0.1, -0.05) is 28.9 Å². The summed E-state index contributed by atoms with van der Waals surface area (Å²) in [7, 11) is 0. The molecule has 0 aliphatic heterocycles. The molecule has 0 heterocycles. The van der Waals surface area contributed by atoms with Crippen molar-refractivity contribution in [2.75, 3.05) is 13.2 Å². The molecule has 0 amide bonds. The van der Waals surface area contributed by atoms with E-state index in [1.807, 2.05) is 13.0 Å². The molecule has 0 aliphatic carbocycles.